The van der Waals surface area contributed by atoms with Crippen molar-refractivity contribution in [1.29, 1.82) is 0 Å². The van der Waals surface area contributed by atoms with E-state index in [4.69, 9.17) is 23.2 Å². The minimum absolute atomic E-state index is 0.121. The van der Waals surface area contributed by atoms with Crippen molar-refractivity contribution in [3.8, 4) is 0 Å². The summed E-state index contributed by atoms with van der Waals surface area (Å²) in [4.78, 5) is 0.181. The molecular weight excluding hydrogens is 281 g/mol. The van der Waals surface area contributed by atoms with Crippen LogP contribution in [0, 0.1) is 0 Å². The second-order valence-corrected chi connectivity index (χ2v) is 6.84. The maximum Gasteiger partial charge on any atom is 0.240 e. The van der Waals surface area contributed by atoms with Gasteiger partial charge in [-0.3, -0.25) is 0 Å². The van der Waals surface area contributed by atoms with Gasteiger partial charge in [-0.25, -0.2) is 13.1 Å². The largest absolute Gasteiger partial charge is 0.240 e. The molecule has 1 fully saturated rings. The van der Waals surface area contributed by atoms with Gasteiger partial charge in [0.1, 0.15) is 0 Å². The first kappa shape index (κ1) is 13.1. The Morgan fingerprint density at radius 3 is 2.65 bits per heavy atom. The Bertz CT molecular complexity index is 504. The lowest BCUT2D eigenvalue weighted by Gasteiger charge is -2.16. The van der Waals surface area contributed by atoms with E-state index >= 15 is 0 Å². The third-order valence-corrected chi connectivity index (χ3v) is 5.09. The summed E-state index contributed by atoms with van der Waals surface area (Å²) in [5.41, 5.74) is 0. The van der Waals surface area contributed by atoms with Crippen molar-refractivity contribution in [2.24, 2.45) is 0 Å². The van der Waals surface area contributed by atoms with E-state index in [1.807, 2.05) is 0 Å². The molecule has 1 aromatic rings. The number of alkyl halides is 1. The van der Waals surface area contributed by atoms with Crippen LogP contribution in [-0.4, -0.2) is 19.8 Å². The van der Waals surface area contributed by atoms with Crippen LogP contribution in [0.15, 0.2) is 29.2 Å². The van der Waals surface area contributed by atoms with Crippen LogP contribution in [-0.2, 0) is 10.0 Å². The maximum absolute atomic E-state index is 12.1. The van der Waals surface area contributed by atoms with Gasteiger partial charge in [0.2, 0.25) is 10.0 Å². The molecule has 0 bridgehead atoms. The number of nitrogens with one attached hydrogen (secondary N) is 1. The zero-order valence-corrected chi connectivity index (χ0v) is 11.4. The Balaban J connectivity index is 2.19. The highest BCUT2D eigenvalue weighted by atomic mass is 35.5. The predicted octanol–water partition coefficient (Wildman–Crippen LogP) is 2.78. The molecule has 1 aliphatic rings. The van der Waals surface area contributed by atoms with Gasteiger partial charge in [-0.1, -0.05) is 24.1 Å². The fourth-order valence-electron chi connectivity index (χ4n) is 1.95. The minimum atomic E-state index is -3.52. The van der Waals surface area contributed by atoms with Crippen molar-refractivity contribution >= 4 is 33.2 Å². The third kappa shape index (κ3) is 3.13. The number of hydrogen-bond acceptors (Lipinski definition) is 2. The molecule has 94 valence electrons. The summed E-state index contributed by atoms with van der Waals surface area (Å²) in [6.45, 7) is 0. The molecule has 1 N–H and O–H groups in total. The van der Waals surface area contributed by atoms with Crippen molar-refractivity contribution in [3.63, 3.8) is 0 Å². The van der Waals surface area contributed by atoms with Crippen molar-refractivity contribution in [1.82, 2.24) is 4.72 Å². The molecule has 0 amide bonds. The van der Waals surface area contributed by atoms with E-state index in [1.165, 1.54) is 12.1 Å². The molecule has 0 heterocycles. The average molecular weight is 294 g/mol. The van der Waals surface area contributed by atoms with Crippen LogP contribution >= 0.6 is 23.2 Å². The van der Waals surface area contributed by atoms with Gasteiger partial charge in [0.25, 0.3) is 0 Å². The molecule has 6 heteroatoms. The van der Waals surface area contributed by atoms with E-state index in [9.17, 15) is 8.42 Å². The summed E-state index contributed by atoms with van der Waals surface area (Å²) in [7, 11) is -3.52. The van der Waals surface area contributed by atoms with Crippen LogP contribution in [0.25, 0.3) is 0 Å². The molecule has 3 nitrogen and oxygen atoms in total. The van der Waals surface area contributed by atoms with Crippen LogP contribution < -0.4 is 4.72 Å². The highest BCUT2D eigenvalue weighted by molar-refractivity contribution is 7.89. The molecule has 1 aliphatic carbocycles. The molecule has 1 saturated carbocycles. The average Bonchev–Trinajstić information content (AvgIpc) is 2.64. The summed E-state index contributed by atoms with van der Waals surface area (Å²) in [5.74, 6) is 0. The first-order chi connectivity index (χ1) is 7.99. The highest BCUT2D eigenvalue weighted by Crippen LogP contribution is 2.26. The Morgan fingerprint density at radius 1 is 1.29 bits per heavy atom. The molecular formula is C11H13Cl2NO2S. The van der Waals surface area contributed by atoms with Gasteiger partial charge in [-0.2, -0.15) is 0 Å². The van der Waals surface area contributed by atoms with Crippen molar-refractivity contribution in [2.45, 2.75) is 35.6 Å². The van der Waals surface area contributed by atoms with Crippen LogP contribution in [0.2, 0.25) is 5.02 Å². The summed E-state index contributed by atoms with van der Waals surface area (Å²) in [6, 6.07) is 6.03. The van der Waals surface area contributed by atoms with Crippen molar-refractivity contribution < 1.29 is 8.42 Å². The van der Waals surface area contributed by atoms with Gasteiger partial charge in [-0.15, -0.1) is 11.6 Å². The summed E-state index contributed by atoms with van der Waals surface area (Å²) in [6.07, 6.45) is 2.59. The highest BCUT2D eigenvalue weighted by Gasteiger charge is 2.29. The first-order valence-corrected chi connectivity index (χ1v) is 7.71. The fraction of sp³-hybridized carbons (Fsp3) is 0.455. The number of rotatable bonds is 3. The van der Waals surface area contributed by atoms with E-state index < -0.39 is 10.0 Å². The van der Waals surface area contributed by atoms with Crippen LogP contribution in [0.1, 0.15) is 19.3 Å². The summed E-state index contributed by atoms with van der Waals surface area (Å²) in [5, 5.41) is 0.283. The quantitative estimate of drug-likeness (QED) is 0.871. The van der Waals surface area contributed by atoms with E-state index in [0.717, 1.165) is 19.3 Å². The Kier molecular flexibility index (Phi) is 3.98. The lowest BCUT2D eigenvalue weighted by molar-refractivity contribution is 0.554. The third-order valence-electron chi connectivity index (χ3n) is 2.84. The zero-order valence-electron chi connectivity index (χ0n) is 9.07. The number of halogens is 2. The van der Waals surface area contributed by atoms with E-state index in [0.29, 0.717) is 5.02 Å². The van der Waals surface area contributed by atoms with E-state index in [1.54, 1.807) is 12.1 Å². The van der Waals surface area contributed by atoms with E-state index in [-0.39, 0.29) is 16.3 Å². The molecule has 2 atom stereocenters. The Morgan fingerprint density at radius 2 is 2.06 bits per heavy atom. The molecule has 0 aliphatic heterocycles. The predicted molar refractivity (Wildman–Crippen MR) is 69.1 cm³/mol. The maximum atomic E-state index is 12.1. The lowest BCUT2D eigenvalue weighted by atomic mass is 10.3. The first-order valence-electron chi connectivity index (χ1n) is 5.41. The molecule has 2 rings (SSSR count). The topological polar surface area (TPSA) is 46.2 Å². The molecule has 1 aromatic carbocycles. The Hall–Kier alpha value is -0.290. The smallest absolute Gasteiger partial charge is 0.207 e. The van der Waals surface area contributed by atoms with Gasteiger partial charge in [0.05, 0.1) is 4.90 Å². The van der Waals surface area contributed by atoms with Crippen molar-refractivity contribution in [2.75, 3.05) is 0 Å². The van der Waals surface area contributed by atoms with E-state index in [2.05, 4.69) is 4.72 Å². The SMILES string of the molecule is O=S(=O)(NC1CCCC1Cl)c1cccc(Cl)c1. The fourth-order valence-corrected chi connectivity index (χ4v) is 3.98. The number of benzene rings is 1. The number of sulfonamides is 1. The summed E-state index contributed by atoms with van der Waals surface area (Å²) >= 11 is 11.8. The minimum Gasteiger partial charge on any atom is -0.207 e. The van der Waals surface area contributed by atoms with Gasteiger partial charge >= 0.3 is 0 Å². The second-order valence-electron chi connectivity index (χ2n) is 4.13. The van der Waals surface area contributed by atoms with Crippen LogP contribution in [0.5, 0.6) is 0 Å². The zero-order chi connectivity index (χ0) is 12.5. The van der Waals surface area contributed by atoms with Crippen LogP contribution in [0.4, 0.5) is 0 Å². The monoisotopic (exact) mass is 293 g/mol. The normalized spacial score (nSPS) is 25.1. The molecule has 0 saturated heterocycles. The molecule has 2 unspecified atom stereocenters. The molecule has 0 aromatic heterocycles. The lowest BCUT2D eigenvalue weighted by Crippen LogP contribution is -2.37. The van der Waals surface area contributed by atoms with Gasteiger partial charge in [0.15, 0.2) is 0 Å². The second kappa shape index (κ2) is 5.14. The molecule has 0 radical (unpaired) electrons. The van der Waals surface area contributed by atoms with Crippen molar-refractivity contribution in [3.05, 3.63) is 29.3 Å². The van der Waals surface area contributed by atoms with Gasteiger partial charge in [0, 0.05) is 16.4 Å². The van der Waals surface area contributed by atoms with Gasteiger partial charge in [-0.05, 0) is 31.0 Å². The standard InChI is InChI=1S/C11H13Cl2NO2S/c12-8-3-1-4-9(7-8)17(15,16)14-11-6-2-5-10(11)13/h1,3-4,7,10-11,14H,2,5-6H2. The van der Waals surface area contributed by atoms with Gasteiger partial charge < -0.3 is 0 Å². The molecule has 0 spiro atoms. The summed E-state index contributed by atoms with van der Waals surface area (Å²) < 4.78 is 26.7. The van der Waals surface area contributed by atoms with Crippen LogP contribution in [0.3, 0.4) is 0 Å². The number of hydrogen-bond donors (Lipinski definition) is 1. The molecule has 17 heavy (non-hydrogen) atoms. The Labute approximate surface area is 111 Å².